The van der Waals surface area contributed by atoms with Gasteiger partial charge in [-0.2, -0.15) is 8.42 Å². The topological polar surface area (TPSA) is 80.4 Å². The second-order valence-corrected chi connectivity index (χ2v) is 2.25. The monoisotopic (exact) mass is 151 g/mol. The van der Waals surface area contributed by atoms with Crippen molar-refractivity contribution in [3.05, 3.63) is 0 Å². The van der Waals surface area contributed by atoms with E-state index in [2.05, 4.69) is 5.73 Å². The van der Waals surface area contributed by atoms with E-state index in [0.717, 1.165) is 0 Å². The molecule has 0 saturated carbocycles. The molecule has 0 aromatic carbocycles. The summed E-state index contributed by atoms with van der Waals surface area (Å²) in [6.45, 7) is 0. The molecule has 0 fully saturated rings. The van der Waals surface area contributed by atoms with Gasteiger partial charge in [0.05, 0.1) is 0 Å². The van der Waals surface area contributed by atoms with Crippen molar-refractivity contribution in [1.29, 1.82) is 0 Å². The Morgan fingerprint density at radius 3 is 1.71 bits per heavy atom. The van der Waals surface area contributed by atoms with Crippen LogP contribution >= 0.6 is 0 Å². The van der Waals surface area contributed by atoms with Crippen LogP contribution < -0.4 is 5.73 Å². The SMILES string of the molecule is NCS(=O)(=O)O.[KH]. The Hall–Kier alpha value is 1.51. The standard InChI is InChI=1S/CH5NO3S.K.H/c2-1-6(3,4)5;;/h1-2H2,(H,3,4,5);;. The zero-order valence-electron chi connectivity index (χ0n) is 2.96. The fourth-order valence-corrected chi connectivity index (χ4v) is 0. The van der Waals surface area contributed by atoms with Gasteiger partial charge in [0.25, 0.3) is 10.1 Å². The van der Waals surface area contributed by atoms with E-state index in [-0.39, 0.29) is 51.4 Å². The van der Waals surface area contributed by atoms with E-state index < -0.39 is 16.0 Å². The molecule has 7 heavy (non-hydrogen) atoms. The Morgan fingerprint density at radius 1 is 1.57 bits per heavy atom. The molecule has 0 aliphatic heterocycles. The first-order valence-electron chi connectivity index (χ1n) is 1.21. The fraction of sp³-hybridized carbons (Fsp3) is 1.00. The van der Waals surface area contributed by atoms with Gasteiger partial charge in [-0.05, 0) is 0 Å². The first kappa shape index (κ1) is 11.3. The molecule has 0 aliphatic rings. The number of rotatable bonds is 1. The molecule has 0 heterocycles. The van der Waals surface area contributed by atoms with Crippen LogP contribution in [0.2, 0.25) is 0 Å². The third-order valence-electron chi connectivity index (χ3n) is 0.211. The van der Waals surface area contributed by atoms with Gasteiger partial charge >= 0.3 is 51.4 Å². The van der Waals surface area contributed by atoms with Crippen LogP contribution in [0.15, 0.2) is 0 Å². The molecule has 0 saturated heterocycles. The summed E-state index contributed by atoms with van der Waals surface area (Å²) in [5, 5.41) is 0. The van der Waals surface area contributed by atoms with Crippen molar-refractivity contribution in [2.24, 2.45) is 5.73 Å². The van der Waals surface area contributed by atoms with Gasteiger partial charge in [0.15, 0.2) is 0 Å². The Morgan fingerprint density at radius 2 is 1.71 bits per heavy atom. The molecule has 0 rings (SSSR count). The van der Waals surface area contributed by atoms with E-state index >= 15 is 0 Å². The van der Waals surface area contributed by atoms with Gasteiger partial charge < -0.3 is 5.73 Å². The van der Waals surface area contributed by atoms with E-state index in [1.54, 1.807) is 0 Å². The zero-order chi connectivity index (χ0) is 5.21. The van der Waals surface area contributed by atoms with Gasteiger partial charge in [0.2, 0.25) is 0 Å². The molecule has 0 unspecified atom stereocenters. The van der Waals surface area contributed by atoms with Crippen molar-refractivity contribution in [3.8, 4) is 0 Å². The van der Waals surface area contributed by atoms with Gasteiger partial charge in [0.1, 0.15) is 5.88 Å². The van der Waals surface area contributed by atoms with Crippen LogP contribution in [0.25, 0.3) is 0 Å². The number of hydrogen-bond donors (Lipinski definition) is 2. The molecule has 4 nitrogen and oxygen atoms in total. The molecule has 0 aromatic heterocycles. The Balaban J connectivity index is 0. The molecule has 0 atom stereocenters. The third-order valence-corrected chi connectivity index (χ3v) is 0.632. The first-order chi connectivity index (χ1) is 2.56. The second kappa shape index (κ2) is 4.39. The summed E-state index contributed by atoms with van der Waals surface area (Å²) in [6.07, 6.45) is 0. The predicted molar refractivity (Wildman–Crippen MR) is 27.8 cm³/mol. The molecule has 0 radical (unpaired) electrons. The van der Waals surface area contributed by atoms with Crippen LogP contribution in [-0.2, 0) is 10.1 Å². The van der Waals surface area contributed by atoms with Crippen molar-refractivity contribution in [1.82, 2.24) is 0 Å². The minimum absolute atomic E-state index is 0. The molecule has 40 valence electrons. The molecule has 0 aromatic rings. The molecule has 6 heteroatoms. The van der Waals surface area contributed by atoms with Crippen LogP contribution in [0, 0.1) is 0 Å². The average Bonchev–Trinajstić information content (AvgIpc) is 1.35. The van der Waals surface area contributed by atoms with Crippen molar-refractivity contribution in [2.75, 3.05) is 5.88 Å². The predicted octanol–water partition coefficient (Wildman–Crippen LogP) is -1.86. The van der Waals surface area contributed by atoms with Gasteiger partial charge in [-0.25, -0.2) is 0 Å². The van der Waals surface area contributed by atoms with E-state index in [9.17, 15) is 8.42 Å². The van der Waals surface area contributed by atoms with Crippen LogP contribution in [0.1, 0.15) is 0 Å². The van der Waals surface area contributed by atoms with Crippen LogP contribution in [-0.4, -0.2) is 70.2 Å². The number of hydrogen-bond acceptors (Lipinski definition) is 3. The summed E-state index contributed by atoms with van der Waals surface area (Å²) in [7, 11) is -3.88. The van der Waals surface area contributed by atoms with E-state index in [1.165, 1.54) is 0 Å². The van der Waals surface area contributed by atoms with Crippen molar-refractivity contribution in [2.45, 2.75) is 0 Å². The summed E-state index contributed by atoms with van der Waals surface area (Å²) in [4.78, 5) is 0. The van der Waals surface area contributed by atoms with Crippen LogP contribution in [0.4, 0.5) is 0 Å². The Labute approximate surface area is 84.6 Å². The summed E-state index contributed by atoms with van der Waals surface area (Å²) in [6, 6.07) is 0. The second-order valence-electron chi connectivity index (χ2n) is 0.749. The fourth-order valence-electron chi connectivity index (χ4n) is 0. The van der Waals surface area contributed by atoms with Crippen LogP contribution in [0.5, 0.6) is 0 Å². The minimum atomic E-state index is -3.88. The molecule has 0 amide bonds. The van der Waals surface area contributed by atoms with Gasteiger partial charge in [-0.15, -0.1) is 0 Å². The van der Waals surface area contributed by atoms with Gasteiger partial charge in [-0.1, -0.05) is 0 Å². The Bertz CT molecular complexity index is 117. The summed E-state index contributed by atoms with van der Waals surface area (Å²) >= 11 is 0. The molecule has 0 spiro atoms. The third kappa shape index (κ3) is 11.2. The van der Waals surface area contributed by atoms with Crippen LogP contribution in [0.3, 0.4) is 0 Å². The molecule has 3 N–H and O–H groups in total. The van der Waals surface area contributed by atoms with Crippen molar-refractivity contribution >= 4 is 61.5 Å². The normalized spacial score (nSPS) is 10.0. The number of nitrogens with two attached hydrogens (primary N) is 1. The van der Waals surface area contributed by atoms with Gasteiger partial charge in [-0.3, -0.25) is 4.55 Å². The molecule has 0 bridgehead atoms. The summed E-state index contributed by atoms with van der Waals surface area (Å²) < 4.78 is 26.5. The van der Waals surface area contributed by atoms with Crippen molar-refractivity contribution in [3.63, 3.8) is 0 Å². The Kier molecular flexibility index (Phi) is 7.10. The quantitative estimate of drug-likeness (QED) is 0.340. The molecular weight excluding hydrogens is 145 g/mol. The maximum atomic E-state index is 9.43. The average molecular weight is 151 g/mol. The first-order valence-corrected chi connectivity index (χ1v) is 2.82. The zero-order valence-corrected chi connectivity index (χ0v) is 3.77. The molecular formula is CH6KNO3S. The molecule has 0 aliphatic carbocycles. The summed E-state index contributed by atoms with van der Waals surface area (Å²) in [5.74, 6) is -0.701. The van der Waals surface area contributed by atoms with E-state index in [0.29, 0.717) is 0 Å². The maximum absolute atomic E-state index is 9.43. The van der Waals surface area contributed by atoms with Crippen molar-refractivity contribution < 1.29 is 13.0 Å². The van der Waals surface area contributed by atoms with E-state index in [4.69, 9.17) is 4.55 Å². The van der Waals surface area contributed by atoms with E-state index in [1.807, 2.05) is 0 Å². The van der Waals surface area contributed by atoms with Gasteiger partial charge in [0, 0.05) is 0 Å². The summed E-state index contributed by atoms with van der Waals surface area (Å²) in [5.41, 5.74) is 4.47.